The van der Waals surface area contributed by atoms with Gasteiger partial charge in [0.15, 0.2) is 0 Å². The number of nitrogens with zero attached hydrogens (tertiary/aromatic N) is 1. The number of hydrogen-bond donors (Lipinski definition) is 1. The number of nitrogens with one attached hydrogen (secondary N) is 1. The predicted molar refractivity (Wildman–Crippen MR) is 94.8 cm³/mol. The summed E-state index contributed by atoms with van der Waals surface area (Å²) in [4.78, 5) is 23.6. The molecule has 0 saturated heterocycles. The van der Waals surface area contributed by atoms with Crippen molar-refractivity contribution in [3.8, 4) is 5.75 Å². The number of carbonyl (C=O) groups is 1. The van der Waals surface area contributed by atoms with E-state index in [1.54, 1.807) is 6.92 Å². The third kappa shape index (κ3) is 4.48. The summed E-state index contributed by atoms with van der Waals surface area (Å²) in [6.07, 6.45) is 0. The zero-order chi connectivity index (χ0) is 17.7. The minimum atomic E-state index is -0.510. The molecular formula is C17H18N2O4S. The van der Waals surface area contributed by atoms with E-state index in [-0.39, 0.29) is 22.6 Å². The van der Waals surface area contributed by atoms with Crippen LogP contribution in [0, 0.1) is 17.0 Å². The van der Waals surface area contributed by atoms with Gasteiger partial charge in [0.2, 0.25) is 5.91 Å². The summed E-state index contributed by atoms with van der Waals surface area (Å²) in [5.41, 5.74) is 1.48. The van der Waals surface area contributed by atoms with Gasteiger partial charge in [-0.05, 0) is 32.0 Å². The second-order valence-electron chi connectivity index (χ2n) is 5.20. The number of amides is 1. The fourth-order valence-corrected chi connectivity index (χ4v) is 2.87. The van der Waals surface area contributed by atoms with Crippen LogP contribution in [0.2, 0.25) is 0 Å². The molecule has 1 unspecified atom stereocenters. The van der Waals surface area contributed by atoms with Crippen LogP contribution in [0.5, 0.6) is 5.75 Å². The van der Waals surface area contributed by atoms with Gasteiger partial charge >= 0.3 is 0 Å². The summed E-state index contributed by atoms with van der Waals surface area (Å²) in [5.74, 6) is 0.0535. The third-order valence-electron chi connectivity index (χ3n) is 3.36. The number of carbonyl (C=O) groups excluding carboxylic acids is 1. The first-order valence-electron chi connectivity index (χ1n) is 7.27. The highest BCUT2D eigenvalue weighted by Crippen LogP contribution is 2.30. The molecule has 0 aliphatic rings. The first kappa shape index (κ1) is 17.8. The Kier molecular flexibility index (Phi) is 5.81. The molecule has 24 heavy (non-hydrogen) atoms. The van der Waals surface area contributed by atoms with Crippen molar-refractivity contribution in [3.63, 3.8) is 0 Å². The monoisotopic (exact) mass is 346 g/mol. The van der Waals surface area contributed by atoms with Crippen LogP contribution in [0.4, 0.5) is 11.4 Å². The average molecular weight is 346 g/mol. The summed E-state index contributed by atoms with van der Waals surface area (Å²) in [7, 11) is 1.40. The molecule has 0 saturated carbocycles. The number of non-ortho nitro benzene ring substituents is 1. The highest BCUT2D eigenvalue weighted by molar-refractivity contribution is 8.00. The molecular weight excluding hydrogens is 328 g/mol. The number of thioether (sulfide) groups is 1. The minimum Gasteiger partial charge on any atom is -0.494 e. The number of rotatable bonds is 6. The van der Waals surface area contributed by atoms with Gasteiger partial charge in [-0.1, -0.05) is 17.7 Å². The molecule has 1 N–H and O–H groups in total. The van der Waals surface area contributed by atoms with E-state index in [0.717, 1.165) is 10.5 Å². The predicted octanol–water partition coefficient (Wildman–Crippen LogP) is 4.03. The van der Waals surface area contributed by atoms with E-state index >= 15 is 0 Å². The van der Waals surface area contributed by atoms with Gasteiger partial charge in [-0.25, -0.2) is 0 Å². The van der Waals surface area contributed by atoms with Gasteiger partial charge in [0.25, 0.3) is 5.69 Å². The van der Waals surface area contributed by atoms with Crippen molar-refractivity contribution in [1.29, 1.82) is 0 Å². The summed E-state index contributed by atoms with van der Waals surface area (Å²) in [5, 5.41) is 13.2. The zero-order valence-electron chi connectivity index (χ0n) is 13.6. The van der Waals surface area contributed by atoms with Crippen LogP contribution >= 0.6 is 11.8 Å². The fourth-order valence-electron chi connectivity index (χ4n) is 2.01. The van der Waals surface area contributed by atoms with Crippen LogP contribution in [0.3, 0.4) is 0 Å². The van der Waals surface area contributed by atoms with Crippen molar-refractivity contribution in [2.75, 3.05) is 12.4 Å². The van der Waals surface area contributed by atoms with Crippen LogP contribution in [0.25, 0.3) is 0 Å². The van der Waals surface area contributed by atoms with Crippen LogP contribution < -0.4 is 10.1 Å². The standard InChI is InChI=1S/C17H18N2O4S/c1-11-4-7-14(8-5-11)24-12(2)17(20)18-15-9-6-13(19(21)22)10-16(15)23-3/h4-10,12H,1-3H3,(H,18,20). The number of hydrogen-bond acceptors (Lipinski definition) is 5. The summed E-state index contributed by atoms with van der Waals surface area (Å²) in [6.45, 7) is 3.81. The molecule has 6 nitrogen and oxygen atoms in total. The number of methoxy groups -OCH3 is 1. The maximum absolute atomic E-state index is 12.3. The van der Waals surface area contributed by atoms with E-state index in [4.69, 9.17) is 4.74 Å². The van der Waals surface area contributed by atoms with Gasteiger partial charge in [-0.2, -0.15) is 0 Å². The van der Waals surface area contributed by atoms with Crippen molar-refractivity contribution in [1.82, 2.24) is 0 Å². The lowest BCUT2D eigenvalue weighted by atomic mass is 10.2. The van der Waals surface area contributed by atoms with Crippen molar-refractivity contribution in [2.24, 2.45) is 0 Å². The molecule has 0 aromatic heterocycles. The quantitative estimate of drug-likeness (QED) is 0.485. The molecule has 0 radical (unpaired) electrons. The van der Waals surface area contributed by atoms with Crippen LogP contribution in [-0.4, -0.2) is 23.2 Å². The normalized spacial score (nSPS) is 11.6. The molecule has 1 atom stereocenters. The molecule has 0 fully saturated rings. The number of ether oxygens (including phenoxy) is 1. The van der Waals surface area contributed by atoms with Crippen molar-refractivity contribution < 1.29 is 14.5 Å². The van der Waals surface area contributed by atoms with Crippen LogP contribution in [0.15, 0.2) is 47.4 Å². The number of aryl methyl sites for hydroxylation is 1. The molecule has 0 spiro atoms. The lowest BCUT2D eigenvalue weighted by molar-refractivity contribution is -0.384. The van der Waals surface area contributed by atoms with E-state index in [1.165, 1.54) is 37.1 Å². The first-order chi connectivity index (χ1) is 11.4. The van der Waals surface area contributed by atoms with E-state index < -0.39 is 4.92 Å². The van der Waals surface area contributed by atoms with E-state index in [2.05, 4.69) is 5.32 Å². The Bertz CT molecular complexity index is 747. The van der Waals surface area contributed by atoms with Gasteiger partial charge < -0.3 is 10.1 Å². The molecule has 2 rings (SSSR count). The Labute approximate surface area is 144 Å². The lowest BCUT2D eigenvalue weighted by Gasteiger charge is -2.14. The largest absolute Gasteiger partial charge is 0.494 e. The molecule has 7 heteroatoms. The SMILES string of the molecule is COc1cc([N+](=O)[O-])ccc1NC(=O)C(C)Sc1ccc(C)cc1. The summed E-state index contributed by atoms with van der Waals surface area (Å²) >= 11 is 1.44. The first-order valence-corrected chi connectivity index (χ1v) is 8.15. The molecule has 0 heterocycles. The van der Waals surface area contributed by atoms with Gasteiger partial charge in [0.05, 0.1) is 29.0 Å². The van der Waals surface area contributed by atoms with Gasteiger partial charge in [0, 0.05) is 11.0 Å². The Hall–Kier alpha value is -2.54. The van der Waals surface area contributed by atoms with Crippen molar-refractivity contribution in [3.05, 3.63) is 58.1 Å². The Morgan fingerprint density at radius 3 is 2.50 bits per heavy atom. The Morgan fingerprint density at radius 1 is 1.25 bits per heavy atom. The van der Waals surface area contributed by atoms with Gasteiger partial charge in [0.1, 0.15) is 5.75 Å². The average Bonchev–Trinajstić information content (AvgIpc) is 2.56. The van der Waals surface area contributed by atoms with Crippen LogP contribution in [-0.2, 0) is 4.79 Å². The van der Waals surface area contributed by atoms with E-state index in [9.17, 15) is 14.9 Å². The van der Waals surface area contributed by atoms with Gasteiger partial charge in [-0.3, -0.25) is 14.9 Å². The smallest absolute Gasteiger partial charge is 0.273 e. The Morgan fingerprint density at radius 2 is 1.92 bits per heavy atom. The van der Waals surface area contributed by atoms with Crippen molar-refractivity contribution in [2.45, 2.75) is 24.0 Å². The summed E-state index contributed by atoms with van der Waals surface area (Å²) in [6, 6.07) is 12.0. The molecule has 2 aromatic carbocycles. The number of nitro benzene ring substituents is 1. The number of anilines is 1. The molecule has 126 valence electrons. The Balaban J connectivity index is 2.08. The molecule has 0 aliphatic heterocycles. The zero-order valence-corrected chi connectivity index (χ0v) is 14.4. The molecule has 0 aliphatic carbocycles. The molecule has 0 bridgehead atoms. The topological polar surface area (TPSA) is 81.5 Å². The van der Waals surface area contributed by atoms with Crippen LogP contribution in [0.1, 0.15) is 12.5 Å². The second kappa shape index (κ2) is 7.83. The number of nitro groups is 1. The fraction of sp³-hybridized carbons (Fsp3) is 0.235. The van der Waals surface area contributed by atoms with Crippen molar-refractivity contribution >= 4 is 29.0 Å². The maximum Gasteiger partial charge on any atom is 0.273 e. The molecule has 2 aromatic rings. The van der Waals surface area contributed by atoms with E-state index in [0.29, 0.717) is 5.69 Å². The third-order valence-corrected chi connectivity index (χ3v) is 4.47. The van der Waals surface area contributed by atoms with Gasteiger partial charge in [-0.15, -0.1) is 11.8 Å². The van der Waals surface area contributed by atoms with E-state index in [1.807, 2.05) is 31.2 Å². The summed E-state index contributed by atoms with van der Waals surface area (Å²) < 4.78 is 5.12. The second-order valence-corrected chi connectivity index (χ2v) is 6.62. The highest BCUT2D eigenvalue weighted by atomic mass is 32.2. The molecule has 1 amide bonds. The minimum absolute atomic E-state index is 0.0908. The highest BCUT2D eigenvalue weighted by Gasteiger charge is 2.18. The maximum atomic E-state index is 12.3. The lowest BCUT2D eigenvalue weighted by Crippen LogP contribution is -2.22. The number of benzene rings is 2.